The molecule has 0 radical (unpaired) electrons. The smallest absolute Gasteiger partial charge is 0.146 e. The molecule has 0 amide bonds. The Kier molecular flexibility index (Phi) is 3.18. The standard InChI is InChI=1S/C13H14N4OS/c1-17(7-9-3-2-5-18-9)8-11-15-12(14)10-4-6-19-13(10)16-11/h2-6H,7-8H2,1H3,(H2,14,15,16). The number of furan rings is 1. The predicted octanol–water partition coefficient (Wildman–Crippen LogP) is 2.50. The number of fused-ring (bicyclic) bond motifs is 1. The largest absolute Gasteiger partial charge is 0.468 e. The van der Waals surface area contributed by atoms with E-state index in [-0.39, 0.29) is 0 Å². The molecule has 98 valence electrons. The topological polar surface area (TPSA) is 68.2 Å². The fourth-order valence-corrected chi connectivity index (χ4v) is 2.75. The quantitative estimate of drug-likeness (QED) is 0.791. The van der Waals surface area contributed by atoms with Crippen molar-refractivity contribution in [2.45, 2.75) is 13.1 Å². The third kappa shape index (κ3) is 2.59. The Bertz CT molecular complexity index is 677. The highest BCUT2D eigenvalue weighted by Gasteiger charge is 2.09. The minimum atomic E-state index is 0.549. The second kappa shape index (κ2) is 4.99. The Morgan fingerprint density at radius 2 is 2.21 bits per heavy atom. The molecule has 0 aliphatic carbocycles. The second-order valence-electron chi connectivity index (χ2n) is 4.42. The highest BCUT2D eigenvalue weighted by molar-refractivity contribution is 7.16. The number of hydrogen-bond acceptors (Lipinski definition) is 6. The minimum absolute atomic E-state index is 0.549. The molecule has 0 aliphatic heterocycles. The van der Waals surface area contributed by atoms with Crippen molar-refractivity contribution in [1.82, 2.24) is 14.9 Å². The maximum absolute atomic E-state index is 5.93. The van der Waals surface area contributed by atoms with E-state index in [4.69, 9.17) is 10.2 Å². The predicted molar refractivity (Wildman–Crippen MR) is 75.7 cm³/mol. The van der Waals surface area contributed by atoms with Crippen LogP contribution in [0, 0.1) is 0 Å². The van der Waals surface area contributed by atoms with E-state index in [1.54, 1.807) is 17.6 Å². The van der Waals surface area contributed by atoms with Crippen molar-refractivity contribution < 1.29 is 4.42 Å². The summed E-state index contributed by atoms with van der Waals surface area (Å²) < 4.78 is 5.32. The molecule has 0 saturated carbocycles. The summed E-state index contributed by atoms with van der Waals surface area (Å²) in [5.74, 6) is 2.21. The molecule has 3 aromatic rings. The second-order valence-corrected chi connectivity index (χ2v) is 5.31. The van der Waals surface area contributed by atoms with Crippen LogP contribution in [0.25, 0.3) is 10.2 Å². The zero-order valence-corrected chi connectivity index (χ0v) is 11.4. The summed E-state index contributed by atoms with van der Waals surface area (Å²) in [5, 5.41) is 2.91. The third-order valence-electron chi connectivity index (χ3n) is 2.82. The number of rotatable bonds is 4. The minimum Gasteiger partial charge on any atom is -0.468 e. The molecule has 0 atom stereocenters. The Labute approximate surface area is 114 Å². The van der Waals surface area contributed by atoms with Gasteiger partial charge in [0.15, 0.2) is 0 Å². The Hall–Kier alpha value is -1.92. The number of nitrogens with two attached hydrogens (primary N) is 1. The fraction of sp³-hybridized carbons (Fsp3) is 0.231. The molecule has 0 spiro atoms. The van der Waals surface area contributed by atoms with Crippen LogP contribution in [0.15, 0.2) is 34.3 Å². The van der Waals surface area contributed by atoms with Crippen LogP contribution in [0.5, 0.6) is 0 Å². The molecule has 0 bridgehead atoms. The van der Waals surface area contributed by atoms with E-state index in [9.17, 15) is 0 Å². The van der Waals surface area contributed by atoms with Gasteiger partial charge in [0, 0.05) is 0 Å². The lowest BCUT2D eigenvalue weighted by Gasteiger charge is -2.14. The maximum Gasteiger partial charge on any atom is 0.146 e. The Morgan fingerprint density at radius 3 is 3.00 bits per heavy atom. The van der Waals surface area contributed by atoms with Gasteiger partial charge in [0.25, 0.3) is 0 Å². The molecule has 5 nitrogen and oxygen atoms in total. The van der Waals surface area contributed by atoms with Crippen molar-refractivity contribution in [3.05, 3.63) is 41.4 Å². The molecule has 19 heavy (non-hydrogen) atoms. The summed E-state index contributed by atoms with van der Waals surface area (Å²) in [6, 6.07) is 5.79. The van der Waals surface area contributed by atoms with Gasteiger partial charge in [-0.25, -0.2) is 9.97 Å². The third-order valence-corrected chi connectivity index (χ3v) is 3.62. The van der Waals surface area contributed by atoms with Crippen LogP contribution in [-0.2, 0) is 13.1 Å². The normalized spacial score (nSPS) is 11.5. The number of nitrogen functional groups attached to an aromatic ring is 1. The Balaban J connectivity index is 1.77. The number of aromatic nitrogens is 2. The van der Waals surface area contributed by atoms with Gasteiger partial charge in [-0.05, 0) is 30.6 Å². The summed E-state index contributed by atoms with van der Waals surface area (Å²) >= 11 is 1.58. The van der Waals surface area contributed by atoms with Gasteiger partial charge in [-0.1, -0.05) is 0 Å². The van der Waals surface area contributed by atoms with Crippen molar-refractivity contribution in [2.75, 3.05) is 12.8 Å². The van der Waals surface area contributed by atoms with Gasteiger partial charge in [0.2, 0.25) is 0 Å². The summed E-state index contributed by atoms with van der Waals surface area (Å²) in [5.41, 5.74) is 5.93. The summed E-state index contributed by atoms with van der Waals surface area (Å²) in [4.78, 5) is 11.9. The van der Waals surface area contributed by atoms with Crippen molar-refractivity contribution >= 4 is 27.4 Å². The SMILES string of the molecule is CN(Cc1nc(N)c2ccsc2n1)Cc1ccco1. The zero-order chi connectivity index (χ0) is 13.2. The van der Waals surface area contributed by atoms with Crippen LogP contribution < -0.4 is 5.73 Å². The van der Waals surface area contributed by atoms with Crippen molar-refractivity contribution in [1.29, 1.82) is 0 Å². The molecule has 6 heteroatoms. The number of thiophene rings is 1. The van der Waals surface area contributed by atoms with Gasteiger partial charge < -0.3 is 10.2 Å². The van der Waals surface area contributed by atoms with E-state index in [2.05, 4.69) is 14.9 Å². The molecule has 0 saturated heterocycles. The van der Waals surface area contributed by atoms with Crippen LogP contribution in [0.4, 0.5) is 5.82 Å². The molecule has 0 unspecified atom stereocenters. The summed E-state index contributed by atoms with van der Waals surface area (Å²) in [6.45, 7) is 1.36. The van der Waals surface area contributed by atoms with E-state index >= 15 is 0 Å². The first-order valence-electron chi connectivity index (χ1n) is 5.93. The molecule has 0 aliphatic rings. The van der Waals surface area contributed by atoms with Gasteiger partial charge in [0.1, 0.15) is 22.2 Å². The van der Waals surface area contributed by atoms with E-state index in [0.29, 0.717) is 12.4 Å². The number of anilines is 1. The lowest BCUT2D eigenvalue weighted by molar-refractivity contribution is 0.282. The lowest BCUT2D eigenvalue weighted by atomic mass is 10.3. The molecule has 3 heterocycles. The average molecular weight is 274 g/mol. The monoisotopic (exact) mass is 274 g/mol. The molecule has 2 N–H and O–H groups in total. The molecular formula is C13H14N4OS. The molecule has 3 aromatic heterocycles. The number of nitrogens with zero attached hydrogens (tertiary/aromatic N) is 3. The molecule has 0 fully saturated rings. The van der Waals surface area contributed by atoms with Crippen LogP contribution in [-0.4, -0.2) is 21.9 Å². The first-order chi connectivity index (χ1) is 9.22. The zero-order valence-electron chi connectivity index (χ0n) is 10.5. The summed E-state index contributed by atoms with van der Waals surface area (Å²) in [6.07, 6.45) is 1.68. The number of hydrogen-bond donors (Lipinski definition) is 1. The fourth-order valence-electron chi connectivity index (χ4n) is 1.96. The van der Waals surface area contributed by atoms with Gasteiger partial charge in [-0.15, -0.1) is 11.3 Å². The van der Waals surface area contributed by atoms with Crippen molar-refractivity contribution in [3.8, 4) is 0 Å². The lowest BCUT2D eigenvalue weighted by Crippen LogP contribution is -2.18. The summed E-state index contributed by atoms with van der Waals surface area (Å²) in [7, 11) is 2.00. The highest BCUT2D eigenvalue weighted by atomic mass is 32.1. The molecular weight excluding hydrogens is 260 g/mol. The average Bonchev–Trinajstić information content (AvgIpc) is 2.99. The van der Waals surface area contributed by atoms with Crippen LogP contribution in [0.2, 0.25) is 0 Å². The molecule has 0 aromatic carbocycles. The van der Waals surface area contributed by atoms with Crippen molar-refractivity contribution in [3.63, 3.8) is 0 Å². The van der Waals surface area contributed by atoms with Gasteiger partial charge in [-0.3, -0.25) is 4.90 Å². The van der Waals surface area contributed by atoms with E-state index in [1.807, 2.05) is 30.6 Å². The van der Waals surface area contributed by atoms with Gasteiger partial charge in [-0.2, -0.15) is 0 Å². The first kappa shape index (κ1) is 12.1. The van der Waals surface area contributed by atoms with Crippen molar-refractivity contribution in [2.24, 2.45) is 0 Å². The first-order valence-corrected chi connectivity index (χ1v) is 6.81. The molecule has 3 rings (SSSR count). The van der Waals surface area contributed by atoms with Crippen LogP contribution >= 0.6 is 11.3 Å². The Morgan fingerprint density at radius 1 is 1.32 bits per heavy atom. The maximum atomic E-state index is 5.93. The van der Waals surface area contributed by atoms with Gasteiger partial charge in [0.05, 0.1) is 24.7 Å². The van der Waals surface area contributed by atoms with E-state index < -0.39 is 0 Å². The van der Waals surface area contributed by atoms with Gasteiger partial charge >= 0.3 is 0 Å². The van der Waals surface area contributed by atoms with Crippen LogP contribution in [0.3, 0.4) is 0 Å². The van der Waals surface area contributed by atoms with E-state index in [1.165, 1.54) is 0 Å². The van der Waals surface area contributed by atoms with Crippen LogP contribution in [0.1, 0.15) is 11.6 Å². The highest BCUT2D eigenvalue weighted by Crippen LogP contribution is 2.23. The van der Waals surface area contributed by atoms with E-state index in [0.717, 1.165) is 28.3 Å².